The van der Waals surface area contributed by atoms with Crippen LogP contribution >= 0.6 is 0 Å². The van der Waals surface area contributed by atoms with E-state index in [0.29, 0.717) is 31.5 Å². The Morgan fingerprint density at radius 2 is 1.72 bits per heavy atom. The van der Waals surface area contributed by atoms with Crippen molar-refractivity contribution in [2.75, 3.05) is 6.54 Å². The molecule has 2 aliphatic heterocycles. The average molecular weight is 744 g/mol. The lowest BCUT2D eigenvalue weighted by molar-refractivity contribution is -0.161. The maximum Gasteiger partial charge on any atom is 0.318 e. The standard InChI is InChI=1S/C38H45N7O7S/c46-34-32-21-28(45-41-33(40-43-45)26-17-16-24-10-6-7-11-25(24)20-26)23-44(32)35(47)31(36(48)52-29-13-8-9-14-29)15-5-3-1-2-4-12-27-22-38(27,39-34)37(49)42-53(50,51)30-18-19-30/h4,6-7,10-12,16-17,20,27-32H,1-3,5,8-9,13-15,18-19,21-23H2,(H,39,46)(H,42,49)/b12-4-/t27-,28+,31-,32-,38+/m0/s1. The molecule has 5 aliphatic rings. The van der Waals surface area contributed by atoms with Gasteiger partial charge in [0.25, 0.3) is 5.91 Å². The molecule has 3 heterocycles. The van der Waals surface area contributed by atoms with Crippen LogP contribution in [-0.2, 0) is 33.9 Å². The topological polar surface area (TPSA) is 183 Å². The zero-order valence-electron chi connectivity index (χ0n) is 29.6. The van der Waals surface area contributed by atoms with Gasteiger partial charge in [0, 0.05) is 24.4 Å². The van der Waals surface area contributed by atoms with Crippen LogP contribution in [0.15, 0.2) is 54.6 Å². The number of sulfonamides is 1. The number of allylic oxidation sites excluding steroid dienone is 1. The predicted molar refractivity (Wildman–Crippen MR) is 193 cm³/mol. The van der Waals surface area contributed by atoms with Crippen LogP contribution in [0.2, 0.25) is 0 Å². The third-order valence-electron chi connectivity index (χ3n) is 11.5. The summed E-state index contributed by atoms with van der Waals surface area (Å²) in [4.78, 5) is 59.1. The van der Waals surface area contributed by atoms with Crippen LogP contribution in [0.4, 0.5) is 0 Å². The van der Waals surface area contributed by atoms with Crippen molar-refractivity contribution in [1.82, 2.24) is 35.1 Å². The highest BCUT2D eigenvalue weighted by atomic mass is 32.2. The van der Waals surface area contributed by atoms with E-state index in [9.17, 15) is 27.6 Å². The molecule has 4 fully saturated rings. The Balaban J connectivity index is 1.10. The fourth-order valence-corrected chi connectivity index (χ4v) is 9.47. The quantitative estimate of drug-likeness (QED) is 0.206. The number of tetrazole rings is 1. The number of aromatic nitrogens is 4. The molecular formula is C38H45N7O7S. The SMILES string of the molecule is O=C(OC1CCCC1)[C@H]1CCCCC/C=C\[C@H]2C[C@@]2(C(=O)NS(=O)(=O)C2CC2)NC(=O)[C@@H]2C[C@@H](n3nnc(-c4ccc5ccccc5c4)n3)CN2C1=O. The normalized spacial score (nSPS) is 29.0. The van der Waals surface area contributed by atoms with E-state index < -0.39 is 68.4 Å². The number of amides is 3. The largest absolute Gasteiger partial charge is 0.462 e. The number of rotatable bonds is 7. The van der Waals surface area contributed by atoms with Crippen LogP contribution in [0.25, 0.3) is 22.2 Å². The summed E-state index contributed by atoms with van der Waals surface area (Å²) in [5.74, 6) is -3.60. The summed E-state index contributed by atoms with van der Waals surface area (Å²) in [6.45, 7) is 0.0240. The van der Waals surface area contributed by atoms with Gasteiger partial charge in [-0.3, -0.25) is 23.9 Å². The summed E-state index contributed by atoms with van der Waals surface area (Å²) in [6.07, 6.45) is 11.5. The Hall–Kier alpha value is -4.66. The van der Waals surface area contributed by atoms with Crippen LogP contribution in [0.3, 0.4) is 0 Å². The van der Waals surface area contributed by atoms with E-state index in [0.717, 1.165) is 54.9 Å². The third-order valence-corrected chi connectivity index (χ3v) is 13.3. The van der Waals surface area contributed by atoms with Crippen LogP contribution in [0.1, 0.15) is 89.5 Å². The van der Waals surface area contributed by atoms with Crippen molar-refractivity contribution in [3.05, 3.63) is 54.6 Å². The molecule has 2 N–H and O–H groups in total. The molecule has 3 aromatic rings. The molecule has 8 rings (SSSR count). The lowest BCUT2D eigenvalue weighted by atomic mass is 9.98. The number of nitrogens with one attached hydrogen (secondary N) is 2. The summed E-state index contributed by atoms with van der Waals surface area (Å²) in [5, 5.41) is 17.7. The monoisotopic (exact) mass is 743 g/mol. The minimum atomic E-state index is -3.88. The van der Waals surface area contributed by atoms with Gasteiger partial charge in [0.2, 0.25) is 27.7 Å². The first kappa shape index (κ1) is 35.4. The molecule has 280 valence electrons. The van der Waals surface area contributed by atoms with Crippen molar-refractivity contribution < 1.29 is 32.3 Å². The van der Waals surface area contributed by atoms with Crippen molar-refractivity contribution in [2.45, 2.75) is 112 Å². The lowest BCUT2D eigenvalue weighted by Crippen LogP contribution is -2.57. The third kappa shape index (κ3) is 7.32. The van der Waals surface area contributed by atoms with Crippen LogP contribution in [-0.4, -0.2) is 86.7 Å². The molecule has 0 spiro atoms. The molecule has 3 saturated carbocycles. The first-order valence-electron chi connectivity index (χ1n) is 19.0. The minimum Gasteiger partial charge on any atom is -0.462 e. The maximum atomic E-state index is 14.5. The Morgan fingerprint density at radius 1 is 0.943 bits per heavy atom. The molecule has 0 radical (unpaired) electrons. The van der Waals surface area contributed by atoms with E-state index in [4.69, 9.17) is 4.74 Å². The first-order valence-corrected chi connectivity index (χ1v) is 20.5. The van der Waals surface area contributed by atoms with Crippen molar-refractivity contribution in [3.8, 4) is 11.4 Å². The number of esters is 1. The highest BCUT2D eigenvalue weighted by molar-refractivity contribution is 7.91. The molecule has 0 unspecified atom stereocenters. The van der Waals surface area contributed by atoms with Crippen molar-refractivity contribution in [1.29, 1.82) is 0 Å². The van der Waals surface area contributed by atoms with E-state index in [1.54, 1.807) is 0 Å². The van der Waals surface area contributed by atoms with E-state index in [1.807, 2.05) is 54.6 Å². The van der Waals surface area contributed by atoms with Gasteiger partial charge in [-0.05, 0) is 86.3 Å². The van der Waals surface area contributed by atoms with Gasteiger partial charge < -0.3 is 15.0 Å². The van der Waals surface area contributed by atoms with Gasteiger partial charge >= 0.3 is 5.97 Å². The molecule has 0 bridgehead atoms. The van der Waals surface area contributed by atoms with E-state index in [2.05, 4.69) is 25.4 Å². The number of benzene rings is 2. The molecule has 14 nitrogen and oxygen atoms in total. The van der Waals surface area contributed by atoms with Crippen molar-refractivity contribution in [2.24, 2.45) is 11.8 Å². The lowest BCUT2D eigenvalue weighted by Gasteiger charge is -2.29. The van der Waals surface area contributed by atoms with Crippen molar-refractivity contribution >= 4 is 44.5 Å². The summed E-state index contributed by atoms with van der Waals surface area (Å²) in [6, 6.07) is 12.1. The number of carbonyl (C=O) groups is 4. The summed E-state index contributed by atoms with van der Waals surface area (Å²) >= 11 is 0. The van der Waals surface area contributed by atoms with Crippen LogP contribution in [0, 0.1) is 11.8 Å². The van der Waals surface area contributed by atoms with Gasteiger partial charge in [-0.1, -0.05) is 61.4 Å². The predicted octanol–water partition coefficient (Wildman–Crippen LogP) is 3.74. The smallest absolute Gasteiger partial charge is 0.318 e. The number of ether oxygens (including phenoxy) is 1. The highest BCUT2D eigenvalue weighted by Crippen LogP contribution is 2.46. The Kier molecular flexibility index (Phi) is 9.54. The zero-order valence-corrected chi connectivity index (χ0v) is 30.4. The highest BCUT2D eigenvalue weighted by Gasteiger charge is 2.62. The minimum absolute atomic E-state index is 0.0240. The molecular weight excluding hydrogens is 699 g/mol. The van der Waals surface area contributed by atoms with Gasteiger partial charge in [-0.25, -0.2) is 8.42 Å². The second kappa shape index (κ2) is 14.3. The Labute approximate surface area is 308 Å². The molecule has 1 saturated heterocycles. The first-order chi connectivity index (χ1) is 25.6. The summed E-state index contributed by atoms with van der Waals surface area (Å²) < 4.78 is 33.8. The number of hydrogen-bond donors (Lipinski definition) is 2. The van der Waals surface area contributed by atoms with Gasteiger partial charge in [-0.2, -0.15) is 4.80 Å². The van der Waals surface area contributed by atoms with Crippen molar-refractivity contribution in [3.63, 3.8) is 0 Å². The fourth-order valence-electron chi connectivity index (χ4n) is 8.11. The average Bonchev–Trinajstić information content (AvgIpc) is 3.89. The van der Waals surface area contributed by atoms with Gasteiger partial charge in [-0.15, -0.1) is 10.2 Å². The molecule has 1 aromatic heterocycles. The van der Waals surface area contributed by atoms with Gasteiger partial charge in [0.05, 0.1) is 11.3 Å². The van der Waals surface area contributed by atoms with Crippen LogP contribution in [0.5, 0.6) is 0 Å². The zero-order chi connectivity index (χ0) is 36.7. The molecule has 3 amide bonds. The number of carbonyl (C=O) groups excluding carboxylic acids is 4. The second-order valence-electron chi connectivity index (χ2n) is 15.3. The fraction of sp³-hybridized carbons (Fsp3) is 0.553. The van der Waals surface area contributed by atoms with Crippen LogP contribution < -0.4 is 10.0 Å². The molecule has 5 atom stereocenters. The number of nitrogens with zero attached hydrogens (tertiary/aromatic N) is 5. The molecule has 53 heavy (non-hydrogen) atoms. The Bertz CT molecular complexity index is 2060. The maximum absolute atomic E-state index is 14.5. The molecule has 15 heteroatoms. The number of hydrogen-bond acceptors (Lipinski definition) is 10. The van der Waals surface area contributed by atoms with Gasteiger partial charge in [0.15, 0.2) is 0 Å². The summed E-state index contributed by atoms with van der Waals surface area (Å²) in [5.41, 5.74) is -0.730. The Morgan fingerprint density at radius 3 is 2.51 bits per heavy atom. The second-order valence-corrected chi connectivity index (χ2v) is 17.3. The van der Waals surface area contributed by atoms with E-state index in [1.165, 1.54) is 9.70 Å². The van der Waals surface area contributed by atoms with E-state index >= 15 is 0 Å². The summed E-state index contributed by atoms with van der Waals surface area (Å²) in [7, 11) is -3.88. The molecule has 3 aliphatic carbocycles. The number of fused-ring (bicyclic) bond motifs is 3. The van der Waals surface area contributed by atoms with Gasteiger partial charge in [0.1, 0.15) is 23.6 Å². The van der Waals surface area contributed by atoms with E-state index in [-0.39, 0.29) is 31.9 Å². The molecule has 2 aromatic carbocycles.